The van der Waals surface area contributed by atoms with Crippen molar-refractivity contribution in [2.45, 2.75) is 45.8 Å². The minimum atomic E-state index is -0.264. The zero-order valence-corrected chi connectivity index (χ0v) is 12.4. The van der Waals surface area contributed by atoms with Gasteiger partial charge in [0.1, 0.15) is 12.0 Å². The summed E-state index contributed by atoms with van der Waals surface area (Å²) in [6.45, 7) is 6.90. The normalized spacial score (nSPS) is 24.2. The molecule has 3 unspecified atom stereocenters. The van der Waals surface area contributed by atoms with E-state index in [2.05, 4.69) is 19.2 Å². The molecule has 1 heterocycles. The van der Waals surface area contributed by atoms with Crippen LogP contribution in [0.3, 0.4) is 0 Å². The third kappa shape index (κ3) is 2.85. The molecule has 1 saturated heterocycles. The number of rotatable bonds is 5. The Morgan fingerprint density at radius 1 is 1.40 bits per heavy atom. The van der Waals surface area contributed by atoms with Gasteiger partial charge in [0.25, 0.3) is 0 Å². The summed E-state index contributed by atoms with van der Waals surface area (Å²) in [5.41, 5.74) is 0.817. The Morgan fingerprint density at radius 2 is 2.15 bits per heavy atom. The number of benzene rings is 1. The molecule has 0 spiro atoms. The summed E-state index contributed by atoms with van der Waals surface area (Å²) >= 11 is 0. The zero-order valence-electron chi connectivity index (χ0n) is 12.4. The summed E-state index contributed by atoms with van der Waals surface area (Å²) in [6, 6.07) is 6.33. The van der Waals surface area contributed by atoms with Gasteiger partial charge in [-0.1, -0.05) is 39.3 Å². The lowest BCUT2D eigenvalue weighted by Crippen LogP contribution is -2.35. The lowest BCUT2D eigenvalue weighted by atomic mass is 9.99. The molecule has 3 nitrogen and oxygen atoms in total. The standard InChI is InChI=1S/C16H23FN2O/c1-4-9-19-15(12-7-6-8-13(17)10-12)18-14(16(19)20)11(3)5-2/h6-8,10-11,14-15,18H,4-5,9H2,1-3H3. The van der Waals surface area contributed by atoms with Crippen molar-refractivity contribution in [3.05, 3.63) is 35.6 Å². The molecular weight excluding hydrogens is 255 g/mol. The Kier molecular flexibility index (Phi) is 4.76. The van der Waals surface area contributed by atoms with Crippen molar-refractivity contribution in [1.29, 1.82) is 0 Å². The van der Waals surface area contributed by atoms with E-state index in [1.165, 1.54) is 12.1 Å². The van der Waals surface area contributed by atoms with Crippen molar-refractivity contribution in [3.63, 3.8) is 0 Å². The zero-order chi connectivity index (χ0) is 14.7. The molecule has 2 rings (SSSR count). The molecule has 0 aliphatic carbocycles. The second-order valence-electron chi connectivity index (χ2n) is 5.52. The summed E-state index contributed by atoms with van der Waals surface area (Å²) in [4.78, 5) is 14.4. The third-order valence-electron chi connectivity index (χ3n) is 4.04. The average Bonchev–Trinajstić information content (AvgIpc) is 2.76. The number of amides is 1. The molecule has 20 heavy (non-hydrogen) atoms. The number of hydrogen-bond donors (Lipinski definition) is 1. The molecule has 1 aliphatic rings. The Bertz CT molecular complexity index is 477. The quantitative estimate of drug-likeness (QED) is 0.897. The predicted octanol–water partition coefficient (Wildman–Crippen LogP) is 3.08. The third-order valence-corrected chi connectivity index (χ3v) is 4.04. The van der Waals surface area contributed by atoms with Crippen molar-refractivity contribution in [2.24, 2.45) is 5.92 Å². The van der Waals surface area contributed by atoms with Gasteiger partial charge in [-0.15, -0.1) is 0 Å². The van der Waals surface area contributed by atoms with Gasteiger partial charge in [0.2, 0.25) is 5.91 Å². The van der Waals surface area contributed by atoms with Crippen LogP contribution in [0.15, 0.2) is 24.3 Å². The van der Waals surface area contributed by atoms with E-state index in [1.54, 1.807) is 6.07 Å². The second-order valence-corrected chi connectivity index (χ2v) is 5.52. The Morgan fingerprint density at radius 3 is 2.75 bits per heavy atom. The van der Waals surface area contributed by atoms with E-state index in [0.29, 0.717) is 6.54 Å². The highest BCUT2D eigenvalue weighted by molar-refractivity contribution is 5.84. The van der Waals surface area contributed by atoms with Crippen LogP contribution in [0.25, 0.3) is 0 Å². The van der Waals surface area contributed by atoms with Crippen LogP contribution in [0.1, 0.15) is 45.3 Å². The van der Waals surface area contributed by atoms with Crippen LogP contribution < -0.4 is 5.32 Å². The van der Waals surface area contributed by atoms with Gasteiger partial charge in [0, 0.05) is 6.54 Å². The Labute approximate surface area is 120 Å². The first-order chi connectivity index (χ1) is 9.58. The number of nitrogens with one attached hydrogen (secondary N) is 1. The molecule has 1 aromatic carbocycles. The summed E-state index contributed by atoms with van der Waals surface area (Å²) in [5, 5.41) is 3.38. The maximum absolute atomic E-state index is 13.4. The number of halogens is 1. The predicted molar refractivity (Wildman–Crippen MR) is 77.5 cm³/mol. The number of nitrogens with zero attached hydrogens (tertiary/aromatic N) is 1. The molecule has 0 aromatic heterocycles. The molecule has 1 aromatic rings. The van der Waals surface area contributed by atoms with Crippen LogP contribution in [0.4, 0.5) is 4.39 Å². The first-order valence-corrected chi connectivity index (χ1v) is 7.40. The fraction of sp³-hybridized carbons (Fsp3) is 0.562. The molecule has 0 saturated carbocycles. The fourth-order valence-corrected chi connectivity index (χ4v) is 2.71. The van der Waals surface area contributed by atoms with E-state index in [4.69, 9.17) is 0 Å². The number of hydrogen-bond acceptors (Lipinski definition) is 2. The van der Waals surface area contributed by atoms with Crippen molar-refractivity contribution in [1.82, 2.24) is 10.2 Å². The molecule has 4 heteroatoms. The van der Waals surface area contributed by atoms with Gasteiger partial charge in [-0.25, -0.2) is 4.39 Å². The summed E-state index contributed by atoms with van der Waals surface area (Å²) in [6.07, 6.45) is 1.63. The van der Waals surface area contributed by atoms with Crippen molar-refractivity contribution < 1.29 is 9.18 Å². The Hall–Kier alpha value is -1.42. The van der Waals surface area contributed by atoms with E-state index in [1.807, 2.05) is 17.9 Å². The summed E-state index contributed by atoms with van der Waals surface area (Å²) < 4.78 is 13.4. The van der Waals surface area contributed by atoms with Crippen LogP contribution in [0, 0.1) is 11.7 Å². The van der Waals surface area contributed by atoms with Crippen molar-refractivity contribution in [2.75, 3.05) is 6.54 Å². The van der Waals surface area contributed by atoms with E-state index >= 15 is 0 Å². The minimum Gasteiger partial charge on any atom is -0.322 e. The van der Waals surface area contributed by atoms with Crippen LogP contribution in [-0.4, -0.2) is 23.4 Å². The maximum Gasteiger partial charge on any atom is 0.241 e. The van der Waals surface area contributed by atoms with E-state index in [0.717, 1.165) is 18.4 Å². The Balaban J connectivity index is 2.28. The van der Waals surface area contributed by atoms with Gasteiger partial charge in [-0.2, -0.15) is 0 Å². The molecule has 0 bridgehead atoms. The molecule has 1 amide bonds. The van der Waals surface area contributed by atoms with Gasteiger partial charge in [-0.05, 0) is 30.0 Å². The highest BCUT2D eigenvalue weighted by atomic mass is 19.1. The molecule has 1 N–H and O–H groups in total. The maximum atomic E-state index is 13.4. The highest BCUT2D eigenvalue weighted by Gasteiger charge is 2.41. The van der Waals surface area contributed by atoms with E-state index in [-0.39, 0.29) is 29.8 Å². The van der Waals surface area contributed by atoms with Gasteiger partial charge in [-0.3, -0.25) is 10.1 Å². The molecule has 1 aliphatic heterocycles. The minimum absolute atomic E-state index is 0.135. The van der Waals surface area contributed by atoms with Gasteiger partial charge in [0.15, 0.2) is 0 Å². The molecule has 3 atom stereocenters. The topological polar surface area (TPSA) is 32.3 Å². The van der Waals surface area contributed by atoms with Crippen LogP contribution >= 0.6 is 0 Å². The van der Waals surface area contributed by atoms with Crippen LogP contribution in [0.2, 0.25) is 0 Å². The lowest BCUT2D eigenvalue weighted by molar-refractivity contribution is -0.131. The van der Waals surface area contributed by atoms with Gasteiger partial charge < -0.3 is 4.90 Å². The van der Waals surface area contributed by atoms with Crippen LogP contribution in [0.5, 0.6) is 0 Å². The summed E-state index contributed by atoms with van der Waals surface area (Å²) in [5.74, 6) is 0.149. The number of carbonyl (C=O) groups is 1. The van der Waals surface area contributed by atoms with E-state index < -0.39 is 0 Å². The van der Waals surface area contributed by atoms with E-state index in [9.17, 15) is 9.18 Å². The van der Waals surface area contributed by atoms with Crippen LogP contribution in [-0.2, 0) is 4.79 Å². The lowest BCUT2D eigenvalue weighted by Gasteiger charge is -2.24. The first kappa shape index (κ1) is 15.0. The monoisotopic (exact) mass is 278 g/mol. The molecule has 110 valence electrons. The number of carbonyl (C=O) groups excluding carboxylic acids is 1. The first-order valence-electron chi connectivity index (χ1n) is 7.40. The SMILES string of the molecule is CCCN1C(=O)C(C(C)CC)NC1c1cccc(F)c1. The molecule has 0 radical (unpaired) electrons. The smallest absolute Gasteiger partial charge is 0.241 e. The molecule has 1 fully saturated rings. The average molecular weight is 278 g/mol. The van der Waals surface area contributed by atoms with Crippen molar-refractivity contribution in [3.8, 4) is 0 Å². The fourth-order valence-electron chi connectivity index (χ4n) is 2.71. The largest absolute Gasteiger partial charge is 0.322 e. The van der Waals surface area contributed by atoms with Crippen molar-refractivity contribution >= 4 is 5.91 Å². The highest BCUT2D eigenvalue weighted by Crippen LogP contribution is 2.29. The second kappa shape index (κ2) is 6.35. The van der Waals surface area contributed by atoms with Gasteiger partial charge >= 0.3 is 0 Å². The summed E-state index contributed by atoms with van der Waals surface area (Å²) in [7, 11) is 0. The van der Waals surface area contributed by atoms with Gasteiger partial charge in [0.05, 0.1) is 6.04 Å². The molecular formula is C16H23FN2O.